The van der Waals surface area contributed by atoms with E-state index >= 15 is 0 Å². The van der Waals surface area contributed by atoms with Crippen molar-refractivity contribution in [2.24, 2.45) is 0 Å². The molecule has 1 saturated heterocycles. The number of benzene rings is 1. The highest BCUT2D eigenvalue weighted by Crippen LogP contribution is 2.17. The summed E-state index contributed by atoms with van der Waals surface area (Å²) in [6, 6.07) is 8.29. The van der Waals surface area contributed by atoms with Crippen LogP contribution in [0, 0.1) is 0 Å². The number of carbonyl (C=O) groups excluding carboxylic acids is 1. The average Bonchev–Trinajstić information content (AvgIpc) is 2.99. The molecule has 5 heteroatoms. The Morgan fingerprint density at radius 2 is 2.19 bits per heavy atom. The Balaban J connectivity index is 1.92. The van der Waals surface area contributed by atoms with Gasteiger partial charge < -0.3 is 9.47 Å². The van der Waals surface area contributed by atoms with E-state index in [1.165, 1.54) is 12.7 Å². The Labute approximate surface area is 134 Å². The predicted octanol–water partition coefficient (Wildman–Crippen LogP) is 2.99. The quantitative estimate of drug-likeness (QED) is 0.704. The summed E-state index contributed by atoms with van der Waals surface area (Å²) in [5.41, 5.74) is 1.24. The monoisotopic (exact) mass is 355 g/mol. The predicted molar refractivity (Wildman–Crippen MR) is 85.0 cm³/mol. The lowest BCUT2D eigenvalue weighted by Crippen LogP contribution is -2.33. The van der Waals surface area contributed by atoms with Crippen molar-refractivity contribution in [1.29, 1.82) is 0 Å². The van der Waals surface area contributed by atoms with Gasteiger partial charge in [0.2, 0.25) is 0 Å². The molecule has 1 aliphatic rings. The first kappa shape index (κ1) is 16.5. The highest BCUT2D eigenvalue weighted by atomic mass is 79.9. The molecule has 116 valence electrons. The molecule has 1 atom stereocenters. The molecule has 1 fully saturated rings. The third-order valence-corrected chi connectivity index (χ3v) is 4.19. The van der Waals surface area contributed by atoms with Crippen molar-refractivity contribution in [3.05, 3.63) is 34.3 Å². The van der Waals surface area contributed by atoms with Gasteiger partial charge in [-0.05, 0) is 30.5 Å². The van der Waals surface area contributed by atoms with Gasteiger partial charge in [-0.2, -0.15) is 0 Å². The van der Waals surface area contributed by atoms with Crippen LogP contribution in [-0.4, -0.2) is 43.8 Å². The van der Waals surface area contributed by atoms with Crippen LogP contribution in [0.4, 0.5) is 0 Å². The van der Waals surface area contributed by atoms with E-state index in [-0.39, 0.29) is 12.1 Å². The van der Waals surface area contributed by atoms with E-state index in [4.69, 9.17) is 9.47 Å². The lowest BCUT2D eigenvalue weighted by Gasteiger charge is -2.25. The van der Waals surface area contributed by atoms with E-state index in [0.29, 0.717) is 13.0 Å². The number of methoxy groups -OCH3 is 1. The number of rotatable bonds is 7. The SMILES string of the molecule is COC(=O)CCN(Cc1ccc(Br)cc1)CC1CCCO1. The first-order valence-corrected chi connectivity index (χ1v) is 8.12. The number of hydrogen-bond donors (Lipinski definition) is 0. The van der Waals surface area contributed by atoms with E-state index in [1.54, 1.807) is 0 Å². The van der Waals surface area contributed by atoms with Gasteiger partial charge in [-0.1, -0.05) is 28.1 Å². The van der Waals surface area contributed by atoms with Gasteiger partial charge in [0.05, 0.1) is 19.6 Å². The topological polar surface area (TPSA) is 38.8 Å². The van der Waals surface area contributed by atoms with Crippen LogP contribution in [0.2, 0.25) is 0 Å². The molecule has 0 aromatic heterocycles. The van der Waals surface area contributed by atoms with E-state index < -0.39 is 0 Å². The molecule has 0 aliphatic carbocycles. The molecule has 1 unspecified atom stereocenters. The maximum atomic E-state index is 11.4. The zero-order valence-corrected chi connectivity index (χ0v) is 14.0. The van der Waals surface area contributed by atoms with Crippen molar-refractivity contribution in [2.75, 3.05) is 26.8 Å². The molecule has 1 aromatic carbocycles. The average molecular weight is 356 g/mol. The first-order chi connectivity index (χ1) is 10.2. The van der Waals surface area contributed by atoms with Crippen molar-refractivity contribution in [2.45, 2.75) is 31.9 Å². The summed E-state index contributed by atoms with van der Waals surface area (Å²) >= 11 is 3.45. The fourth-order valence-corrected chi connectivity index (χ4v) is 2.78. The molecule has 0 bridgehead atoms. The zero-order valence-electron chi connectivity index (χ0n) is 12.4. The summed E-state index contributed by atoms with van der Waals surface area (Å²) in [6.45, 7) is 3.24. The van der Waals surface area contributed by atoms with Crippen LogP contribution >= 0.6 is 15.9 Å². The van der Waals surface area contributed by atoms with Gasteiger partial charge in [0.1, 0.15) is 0 Å². The molecule has 2 rings (SSSR count). The van der Waals surface area contributed by atoms with E-state index in [2.05, 4.69) is 33.0 Å². The van der Waals surface area contributed by atoms with Crippen molar-refractivity contribution in [3.8, 4) is 0 Å². The number of esters is 1. The number of hydrogen-bond acceptors (Lipinski definition) is 4. The molecule has 1 aliphatic heterocycles. The molecule has 0 amide bonds. The molecule has 1 heterocycles. The summed E-state index contributed by atoms with van der Waals surface area (Å²) in [5, 5.41) is 0. The smallest absolute Gasteiger partial charge is 0.306 e. The van der Waals surface area contributed by atoms with Crippen molar-refractivity contribution in [3.63, 3.8) is 0 Å². The van der Waals surface area contributed by atoms with E-state index in [0.717, 1.165) is 37.0 Å². The molecule has 0 radical (unpaired) electrons. The normalized spacial score (nSPS) is 18.1. The molecule has 0 spiro atoms. The summed E-state index contributed by atoms with van der Waals surface area (Å²) < 4.78 is 11.5. The van der Waals surface area contributed by atoms with E-state index in [9.17, 15) is 4.79 Å². The second kappa shape index (κ2) is 8.51. The largest absolute Gasteiger partial charge is 0.469 e. The number of nitrogens with zero attached hydrogens (tertiary/aromatic N) is 1. The number of ether oxygens (including phenoxy) is 2. The summed E-state index contributed by atoms with van der Waals surface area (Å²) in [4.78, 5) is 13.6. The van der Waals surface area contributed by atoms with Crippen LogP contribution in [0.25, 0.3) is 0 Å². The minimum Gasteiger partial charge on any atom is -0.469 e. The Bertz CT molecular complexity index is 443. The van der Waals surface area contributed by atoms with Crippen LogP contribution < -0.4 is 0 Å². The third kappa shape index (κ3) is 5.77. The van der Waals surface area contributed by atoms with Gasteiger partial charge in [-0.15, -0.1) is 0 Å². The maximum Gasteiger partial charge on any atom is 0.306 e. The Morgan fingerprint density at radius 1 is 1.43 bits per heavy atom. The first-order valence-electron chi connectivity index (χ1n) is 7.32. The molecule has 21 heavy (non-hydrogen) atoms. The fourth-order valence-electron chi connectivity index (χ4n) is 2.51. The minimum atomic E-state index is -0.164. The van der Waals surface area contributed by atoms with Crippen LogP contribution in [0.15, 0.2) is 28.7 Å². The maximum absolute atomic E-state index is 11.4. The summed E-state index contributed by atoms with van der Waals surface area (Å²) in [6.07, 6.45) is 2.95. The Hall–Kier alpha value is -0.910. The molecule has 1 aromatic rings. The lowest BCUT2D eigenvalue weighted by molar-refractivity contribution is -0.141. The van der Waals surface area contributed by atoms with Crippen molar-refractivity contribution in [1.82, 2.24) is 4.90 Å². The fraction of sp³-hybridized carbons (Fsp3) is 0.562. The van der Waals surface area contributed by atoms with Crippen LogP contribution in [-0.2, 0) is 20.8 Å². The molecular formula is C16H22BrNO3. The van der Waals surface area contributed by atoms with Gasteiger partial charge in [-0.3, -0.25) is 9.69 Å². The zero-order chi connectivity index (χ0) is 15.1. The highest BCUT2D eigenvalue weighted by molar-refractivity contribution is 9.10. The highest BCUT2D eigenvalue weighted by Gasteiger charge is 2.20. The van der Waals surface area contributed by atoms with Crippen LogP contribution in [0.5, 0.6) is 0 Å². The van der Waals surface area contributed by atoms with Crippen LogP contribution in [0.1, 0.15) is 24.8 Å². The van der Waals surface area contributed by atoms with Gasteiger partial charge in [-0.25, -0.2) is 0 Å². The standard InChI is InChI=1S/C16H22BrNO3/c1-20-16(19)8-9-18(12-15-3-2-10-21-15)11-13-4-6-14(17)7-5-13/h4-7,15H,2-3,8-12H2,1H3. The van der Waals surface area contributed by atoms with Crippen molar-refractivity contribution < 1.29 is 14.3 Å². The second-order valence-electron chi connectivity index (χ2n) is 5.32. The van der Waals surface area contributed by atoms with Crippen molar-refractivity contribution >= 4 is 21.9 Å². The summed E-state index contributed by atoms with van der Waals surface area (Å²) in [5.74, 6) is -0.164. The van der Waals surface area contributed by atoms with Gasteiger partial charge in [0.25, 0.3) is 0 Å². The molecular weight excluding hydrogens is 334 g/mol. The number of carbonyl (C=O) groups is 1. The van der Waals surface area contributed by atoms with Gasteiger partial charge >= 0.3 is 5.97 Å². The minimum absolute atomic E-state index is 0.164. The molecule has 0 saturated carbocycles. The Kier molecular flexibility index (Phi) is 6.67. The number of halogens is 1. The Morgan fingerprint density at radius 3 is 2.81 bits per heavy atom. The summed E-state index contributed by atoms with van der Waals surface area (Å²) in [7, 11) is 1.43. The third-order valence-electron chi connectivity index (χ3n) is 3.67. The van der Waals surface area contributed by atoms with Gasteiger partial charge in [0.15, 0.2) is 0 Å². The molecule has 0 N–H and O–H groups in total. The van der Waals surface area contributed by atoms with Gasteiger partial charge in [0, 0.05) is 30.7 Å². The lowest BCUT2D eigenvalue weighted by atomic mass is 10.1. The molecule has 4 nitrogen and oxygen atoms in total. The van der Waals surface area contributed by atoms with Crippen LogP contribution in [0.3, 0.4) is 0 Å². The second-order valence-corrected chi connectivity index (χ2v) is 6.24. The van der Waals surface area contributed by atoms with E-state index in [1.807, 2.05) is 12.1 Å².